The van der Waals surface area contributed by atoms with E-state index in [1.807, 2.05) is 39.0 Å². The molecule has 1 heterocycles. The van der Waals surface area contributed by atoms with Crippen LogP contribution in [0, 0.1) is 6.92 Å². The van der Waals surface area contributed by atoms with Gasteiger partial charge in [0.1, 0.15) is 12.3 Å². The number of carbonyl (C=O) groups excluding carboxylic acids is 2. The first-order chi connectivity index (χ1) is 11.6. The van der Waals surface area contributed by atoms with Gasteiger partial charge in [-0.25, -0.2) is 0 Å². The van der Waals surface area contributed by atoms with Gasteiger partial charge in [-0.15, -0.1) is 0 Å². The van der Waals surface area contributed by atoms with Gasteiger partial charge in [-0.3, -0.25) is 14.5 Å². The summed E-state index contributed by atoms with van der Waals surface area (Å²) in [5.74, 6) is 0.306. The van der Waals surface area contributed by atoms with E-state index < -0.39 is 6.10 Å². The highest BCUT2D eigenvalue weighted by Crippen LogP contribution is 2.35. The molecule has 0 radical (unpaired) electrons. The maximum absolute atomic E-state index is 12.6. The van der Waals surface area contributed by atoms with Gasteiger partial charge in [0.25, 0.3) is 5.91 Å². The van der Waals surface area contributed by atoms with E-state index in [0.717, 1.165) is 12.0 Å². The molecule has 0 bridgehead atoms. The van der Waals surface area contributed by atoms with E-state index in [0.29, 0.717) is 37.6 Å². The van der Waals surface area contributed by atoms with E-state index >= 15 is 0 Å². The number of anilines is 1. The van der Waals surface area contributed by atoms with Crippen LogP contribution in [0.3, 0.4) is 0 Å². The van der Waals surface area contributed by atoms with Crippen LogP contribution in [0.25, 0.3) is 0 Å². The van der Waals surface area contributed by atoms with Crippen LogP contribution in [0.1, 0.15) is 32.3 Å². The summed E-state index contributed by atoms with van der Waals surface area (Å²) >= 11 is 0. The predicted molar refractivity (Wildman–Crippen MR) is 92.4 cm³/mol. The number of benzene rings is 1. The molecule has 1 N–H and O–H groups in total. The van der Waals surface area contributed by atoms with Crippen molar-refractivity contribution in [2.24, 2.45) is 0 Å². The van der Waals surface area contributed by atoms with Crippen LogP contribution < -0.4 is 15.0 Å². The molecule has 1 aromatic carbocycles. The molecule has 1 aliphatic heterocycles. The van der Waals surface area contributed by atoms with Gasteiger partial charge in [0.15, 0.2) is 6.10 Å². The number of fused-ring (bicyclic) bond motifs is 1. The monoisotopic (exact) mass is 334 g/mol. The highest BCUT2D eigenvalue weighted by Gasteiger charge is 2.34. The molecule has 0 spiro atoms. The summed E-state index contributed by atoms with van der Waals surface area (Å²) in [6, 6.07) is 5.67. The Morgan fingerprint density at radius 3 is 2.88 bits per heavy atom. The zero-order chi connectivity index (χ0) is 17.5. The van der Waals surface area contributed by atoms with Crippen LogP contribution in [-0.4, -0.2) is 44.2 Å². The SMILES string of the molecule is CCOCCCNC(=O)CN1C(=O)[C@H](CC)Oc2ccc(C)cc21. The average Bonchev–Trinajstić information content (AvgIpc) is 2.57. The number of aryl methyl sites for hydroxylation is 1. The Bertz CT molecular complexity index is 588. The molecule has 2 rings (SSSR count). The van der Waals surface area contributed by atoms with Gasteiger partial charge in [0.2, 0.25) is 5.91 Å². The van der Waals surface area contributed by atoms with E-state index in [9.17, 15) is 9.59 Å². The number of carbonyl (C=O) groups is 2. The highest BCUT2D eigenvalue weighted by atomic mass is 16.5. The molecule has 2 amide bonds. The Morgan fingerprint density at radius 1 is 1.38 bits per heavy atom. The van der Waals surface area contributed by atoms with E-state index in [-0.39, 0.29) is 18.4 Å². The van der Waals surface area contributed by atoms with Crippen molar-refractivity contribution >= 4 is 17.5 Å². The fourth-order valence-corrected chi connectivity index (χ4v) is 2.60. The first-order valence-electron chi connectivity index (χ1n) is 8.50. The summed E-state index contributed by atoms with van der Waals surface area (Å²) in [6.07, 6.45) is 0.786. The Morgan fingerprint density at radius 2 is 2.17 bits per heavy atom. The van der Waals surface area contributed by atoms with Gasteiger partial charge in [-0.2, -0.15) is 0 Å². The van der Waals surface area contributed by atoms with Gasteiger partial charge in [-0.1, -0.05) is 13.0 Å². The summed E-state index contributed by atoms with van der Waals surface area (Å²) in [7, 11) is 0. The number of nitrogens with one attached hydrogen (secondary N) is 1. The third kappa shape index (κ3) is 4.47. The maximum atomic E-state index is 12.6. The van der Waals surface area contributed by atoms with E-state index in [2.05, 4.69) is 5.32 Å². The number of hydrogen-bond donors (Lipinski definition) is 1. The molecule has 1 aliphatic rings. The van der Waals surface area contributed by atoms with Crippen molar-refractivity contribution in [2.45, 2.75) is 39.7 Å². The molecule has 0 saturated carbocycles. The molecule has 0 fully saturated rings. The number of rotatable bonds is 8. The molecular weight excluding hydrogens is 308 g/mol. The second-order valence-corrected chi connectivity index (χ2v) is 5.81. The lowest BCUT2D eigenvalue weighted by Gasteiger charge is -2.33. The molecule has 132 valence electrons. The number of nitrogens with zero attached hydrogens (tertiary/aromatic N) is 1. The fourth-order valence-electron chi connectivity index (χ4n) is 2.60. The van der Waals surface area contributed by atoms with E-state index in [4.69, 9.17) is 9.47 Å². The standard InChI is InChI=1S/C18H26N2O4/c1-4-15-18(22)20(12-17(21)19-9-6-10-23-5-2)14-11-13(3)7-8-16(14)24-15/h7-8,11,15H,4-6,9-10,12H2,1-3H3,(H,19,21)/t15-/m0/s1. The Hall–Kier alpha value is -2.08. The van der Waals surface area contributed by atoms with Crippen molar-refractivity contribution < 1.29 is 19.1 Å². The molecule has 0 aliphatic carbocycles. The summed E-state index contributed by atoms with van der Waals surface area (Å²) in [5.41, 5.74) is 1.68. The van der Waals surface area contributed by atoms with Crippen molar-refractivity contribution in [2.75, 3.05) is 31.2 Å². The van der Waals surface area contributed by atoms with E-state index in [1.54, 1.807) is 0 Å². The van der Waals surface area contributed by atoms with Gasteiger partial charge < -0.3 is 14.8 Å². The van der Waals surface area contributed by atoms with Gasteiger partial charge in [0, 0.05) is 19.8 Å². The fraction of sp³-hybridized carbons (Fsp3) is 0.556. The van der Waals surface area contributed by atoms with Gasteiger partial charge in [-0.05, 0) is 44.4 Å². The lowest BCUT2D eigenvalue weighted by molar-refractivity contribution is -0.129. The summed E-state index contributed by atoms with van der Waals surface area (Å²) < 4.78 is 11.0. The molecule has 0 saturated heterocycles. The summed E-state index contributed by atoms with van der Waals surface area (Å²) in [6.45, 7) is 7.61. The second-order valence-electron chi connectivity index (χ2n) is 5.81. The lowest BCUT2D eigenvalue weighted by atomic mass is 10.1. The normalized spacial score (nSPS) is 16.5. The Kier molecular flexibility index (Phi) is 6.61. The molecule has 0 aromatic heterocycles. The first-order valence-corrected chi connectivity index (χ1v) is 8.50. The lowest BCUT2D eigenvalue weighted by Crippen LogP contribution is -2.49. The number of amides is 2. The predicted octanol–water partition coefficient (Wildman–Crippen LogP) is 2.04. The topological polar surface area (TPSA) is 67.9 Å². The van der Waals surface area contributed by atoms with Crippen molar-refractivity contribution in [3.63, 3.8) is 0 Å². The molecule has 24 heavy (non-hydrogen) atoms. The van der Waals surface area contributed by atoms with Crippen LogP contribution >= 0.6 is 0 Å². The Balaban J connectivity index is 2.03. The second kappa shape index (κ2) is 8.68. The summed E-state index contributed by atoms with van der Waals surface area (Å²) in [4.78, 5) is 26.3. The van der Waals surface area contributed by atoms with Crippen molar-refractivity contribution in [1.82, 2.24) is 5.32 Å². The zero-order valence-corrected chi connectivity index (χ0v) is 14.6. The van der Waals surface area contributed by atoms with Gasteiger partial charge >= 0.3 is 0 Å². The smallest absolute Gasteiger partial charge is 0.268 e. The third-order valence-corrected chi connectivity index (χ3v) is 3.88. The van der Waals surface area contributed by atoms with Crippen LogP contribution in [0.5, 0.6) is 5.75 Å². The molecule has 6 heteroatoms. The van der Waals surface area contributed by atoms with Crippen LogP contribution in [0.2, 0.25) is 0 Å². The van der Waals surface area contributed by atoms with Crippen molar-refractivity contribution in [3.05, 3.63) is 23.8 Å². The minimum atomic E-state index is -0.536. The van der Waals surface area contributed by atoms with Crippen LogP contribution in [0.4, 0.5) is 5.69 Å². The summed E-state index contributed by atoms with van der Waals surface area (Å²) in [5, 5.41) is 2.83. The molecular formula is C18H26N2O4. The maximum Gasteiger partial charge on any atom is 0.268 e. The molecule has 1 atom stereocenters. The Labute approximate surface area is 143 Å². The number of hydrogen-bond acceptors (Lipinski definition) is 4. The quantitative estimate of drug-likeness (QED) is 0.739. The molecule has 6 nitrogen and oxygen atoms in total. The number of ether oxygens (including phenoxy) is 2. The van der Waals surface area contributed by atoms with Gasteiger partial charge in [0.05, 0.1) is 5.69 Å². The third-order valence-electron chi connectivity index (χ3n) is 3.88. The largest absolute Gasteiger partial charge is 0.478 e. The van der Waals surface area contributed by atoms with E-state index in [1.165, 1.54) is 4.90 Å². The minimum absolute atomic E-state index is 0.00375. The van der Waals surface area contributed by atoms with Crippen LogP contribution in [0.15, 0.2) is 18.2 Å². The van der Waals surface area contributed by atoms with Crippen molar-refractivity contribution in [3.8, 4) is 5.75 Å². The first kappa shape index (κ1) is 18.3. The zero-order valence-electron chi connectivity index (χ0n) is 14.6. The highest BCUT2D eigenvalue weighted by molar-refractivity contribution is 6.03. The van der Waals surface area contributed by atoms with Crippen LogP contribution in [-0.2, 0) is 14.3 Å². The van der Waals surface area contributed by atoms with Crippen molar-refractivity contribution in [1.29, 1.82) is 0 Å². The molecule has 0 unspecified atom stereocenters. The minimum Gasteiger partial charge on any atom is -0.478 e. The average molecular weight is 334 g/mol. The molecule has 1 aromatic rings.